The van der Waals surface area contributed by atoms with E-state index in [4.69, 9.17) is 19.9 Å². The van der Waals surface area contributed by atoms with Gasteiger partial charge in [-0.3, -0.25) is 0 Å². The molecule has 0 bridgehead atoms. The predicted octanol–water partition coefficient (Wildman–Crippen LogP) is 3.30. The third kappa shape index (κ3) is 3.89. The third-order valence-corrected chi connectivity index (χ3v) is 3.27. The van der Waals surface area contributed by atoms with Crippen molar-refractivity contribution in [3.8, 4) is 17.2 Å². The van der Waals surface area contributed by atoms with Gasteiger partial charge in [-0.25, -0.2) is 0 Å². The summed E-state index contributed by atoms with van der Waals surface area (Å²) in [7, 11) is 3.26. The fourth-order valence-electron chi connectivity index (χ4n) is 2.02. The third-order valence-electron chi connectivity index (χ3n) is 3.27. The average molecular weight is 287 g/mol. The smallest absolute Gasteiger partial charge is 0.129 e. The lowest BCUT2D eigenvalue weighted by molar-refractivity contribution is 0.295. The highest BCUT2D eigenvalue weighted by molar-refractivity contribution is 5.41. The average Bonchev–Trinajstić information content (AvgIpc) is 2.53. The highest BCUT2D eigenvalue weighted by Crippen LogP contribution is 2.26. The summed E-state index contributed by atoms with van der Waals surface area (Å²) in [4.78, 5) is 0. The minimum atomic E-state index is -0.0101. The lowest BCUT2D eigenvalue weighted by Crippen LogP contribution is -2.05. The zero-order chi connectivity index (χ0) is 15.2. The molecule has 0 saturated heterocycles. The standard InChI is InChI=1S/C17H21NO3/c1-12(18)13-5-4-6-16(9-13)21-11-14-7-8-15(19-2)10-17(14)20-3/h4-10,12H,11,18H2,1-3H3/t12-/m0/s1. The Morgan fingerprint density at radius 2 is 1.81 bits per heavy atom. The van der Waals surface area contributed by atoms with Gasteiger partial charge < -0.3 is 19.9 Å². The van der Waals surface area contributed by atoms with Crippen LogP contribution in [0.4, 0.5) is 0 Å². The van der Waals surface area contributed by atoms with Crippen molar-refractivity contribution in [2.45, 2.75) is 19.6 Å². The van der Waals surface area contributed by atoms with E-state index in [9.17, 15) is 0 Å². The molecule has 2 N–H and O–H groups in total. The number of benzene rings is 2. The van der Waals surface area contributed by atoms with Crippen LogP contribution < -0.4 is 19.9 Å². The van der Waals surface area contributed by atoms with Crippen molar-refractivity contribution in [2.75, 3.05) is 14.2 Å². The first-order chi connectivity index (χ1) is 10.1. The first-order valence-corrected chi connectivity index (χ1v) is 6.83. The molecule has 0 saturated carbocycles. The highest BCUT2D eigenvalue weighted by Gasteiger charge is 2.07. The Labute approximate surface area is 125 Å². The van der Waals surface area contributed by atoms with Crippen molar-refractivity contribution in [3.63, 3.8) is 0 Å². The van der Waals surface area contributed by atoms with Crippen molar-refractivity contribution < 1.29 is 14.2 Å². The van der Waals surface area contributed by atoms with E-state index in [1.165, 1.54) is 0 Å². The van der Waals surface area contributed by atoms with E-state index in [1.54, 1.807) is 14.2 Å². The van der Waals surface area contributed by atoms with Crippen LogP contribution in [0.1, 0.15) is 24.1 Å². The van der Waals surface area contributed by atoms with Crippen LogP contribution >= 0.6 is 0 Å². The van der Waals surface area contributed by atoms with Crippen LogP contribution in [0.25, 0.3) is 0 Å². The predicted molar refractivity (Wildman–Crippen MR) is 82.9 cm³/mol. The van der Waals surface area contributed by atoms with E-state index in [2.05, 4.69) is 0 Å². The van der Waals surface area contributed by atoms with Crippen LogP contribution in [0.15, 0.2) is 42.5 Å². The lowest BCUT2D eigenvalue weighted by Gasteiger charge is -2.13. The zero-order valence-electron chi connectivity index (χ0n) is 12.6. The van der Waals surface area contributed by atoms with E-state index < -0.39 is 0 Å². The van der Waals surface area contributed by atoms with Crippen LogP contribution in [0.5, 0.6) is 17.2 Å². The number of methoxy groups -OCH3 is 2. The van der Waals surface area contributed by atoms with Gasteiger partial charge in [0.1, 0.15) is 23.9 Å². The van der Waals surface area contributed by atoms with Gasteiger partial charge in [-0.15, -0.1) is 0 Å². The van der Waals surface area contributed by atoms with E-state index in [0.29, 0.717) is 6.61 Å². The highest BCUT2D eigenvalue weighted by atomic mass is 16.5. The van der Waals surface area contributed by atoms with Crippen molar-refractivity contribution in [3.05, 3.63) is 53.6 Å². The van der Waals surface area contributed by atoms with E-state index in [-0.39, 0.29) is 6.04 Å². The molecule has 2 rings (SSSR count). The maximum atomic E-state index is 5.88. The molecular weight excluding hydrogens is 266 g/mol. The summed E-state index contributed by atoms with van der Waals surface area (Å²) in [5.74, 6) is 2.30. The lowest BCUT2D eigenvalue weighted by atomic mass is 10.1. The summed E-state index contributed by atoms with van der Waals surface area (Å²) in [6.07, 6.45) is 0. The van der Waals surface area contributed by atoms with E-state index in [0.717, 1.165) is 28.4 Å². The Kier molecular flexibility index (Phi) is 5.06. The molecule has 0 aliphatic heterocycles. The summed E-state index contributed by atoms with van der Waals surface area (Å²) in [6.45, 7) is 2.38. The largest absolute Gasteiger partial charge is 0.497 e. The van der Waals surface area contributed by atoms with E-state index in [1.807, 2.05) is 49.4 Å². The Morgan fingerprint density at radius 1 is 1.00 bits per heavy atom. The molecule has 0 aliphatic carbocycles. The molecule has 0 spiro atoms. The first-order valence-electron chi connectivity index (χ1n) is 6.83. The van der Waals surface area contributed by atoms with Gasteiger partial charge in [-0.2, -0.15) is 0 Å². The van der Waals surface area contributed by atoms with Crippen molar-refractivity contribution in [1.29, 1.82) is 0 Å². The second kappa shape index (κ2) is 6.99. The molecule has 0 amide bonds. The number of hydrogen-bond donors (Lipinski definition) is 1. The van der Waals surface area contributed by atoms with Gasteiger partial charge in [-0.1, -0.05) is 12.1 Å². The molecule has 0 fully saturated rings. The second-order valence-electron chi connectivity index (χ2n) is 4.83. The quantitative estimate of drug-likeness (QED) is 0.885. The molecule has 0 aliphatic rings. The molecular formula is C17H21NO3. The number of ether oxygens (including phenoxy) is 3. The van der Waals surface area contributed by atoms with Crippen LogP contribution in [-0.2, 0) is 6.61 Å². The molecule has 2 aromatic carbocycles. The summed E-state index contributed by atoms with van der Waals surface area (Å²) in [5.41, 5.74) is 7.89. The monoisotopic (exact) mass is 287 g/mol. The van der Waals surface area contributed by atoms with Crippen molar-refractivity contribution >= 4 is 0 Å². The molecule has 4 nitrogen and oxygen atoms in total. The van der Waals surface area contributed by atoms with Crippen molar-refractivity contribution in [2.24, 2.45) is 5.73 Å². The maximum absolute atomic E-state index is 5.88. The molecule has 1 atom stereocenters. The van der Waals surface area contributed by atoms with E-state index >= 15 is 0 Å². The second-order valence-corrected chi connectivity index (χ2v) is 4.83. The van der Waals surface area contributed by atoms with Gasteiger partial charge in [0.15, 0.2) is 0 Å². The Bertz CT molecular complexity index is 596. The van der Waals surface area contributed by atoms with Crippen molar-refractivity contribution in [1.82, 2.24) is 0 Å². The van der Waals surface area contributed by atoms with Gasteiger partial charge >= 0.3 is 0 Å². The van der Waals surface area contributed by atoms with Crippen LogP contribution in [0.2, 0.25) is 0 Å². The number of nitrogens with two attached hydrogens (primary N) is 1. The van der Waals surface area contributed by atoms with Crippen LogP contribution in [0.3, 0.4) is 0 Å². The minimum Gasteiger partial charge on any atom is -0.497 e. The Hall–Kier alpha value is -2.20. The zero-order valence-corrected chi connectivity index (χ0v) is 12.6. The van der Waals surface area contributed by atoms with Gasteiger partial charge in [0.25, 0.3) is 0 Å². The molecule has 0 unspecified atom stereocenters. The van der Waals surface area contributed by atoms with Gasteiger partial charge in [0.05, 0.1) is 14.2 Å². The normalized spacial score (nSPS) is 11.8. The fourth-order valence-corrected chi connectivity index (χ4v) is 2.02. The number of rotatable bonds is 6. The number of hydrogen-bond acceptors (Lipinski definition) is 4. The molecule has 2 aromatic rings. The Morgan fingerprint density at radius 3 is 2.48 bits per heavy atom. The summed E-state index contributed by atoms with van der Waals surface area (Å²) < 4.78 is 16.4. The topological polar surface area (TPSA) is 53.7 Å². The van der Waals surface area contributed by atoms with Gasteiger partial charge in [0, 0.05) is 17.7 Å². The molecule has 112 valence electrons. The summed E-state index contributed by atoms with van der Waals surface area (Å²) >= 11 is 0. The van der Waals surface area contributed by atoms with Gasteiger partial charge in [-0.05, 0) is 36.8 Å². The summed E-state index contributed by atoms with van der Waals surface area (Å²) in [5, 5.41) is 0. The molecule has 4 heteroatoms. The van der Waals surface area contributed by atoms with Crippen LogP contribution in [-0.4, -0.2) is 14.2 Å². The first kappa shape index (κ1) is 15.2. The maximum Gasteiger partial charge on any atom is 0.129 e. The fraction of sp³-hybridized carbons (Fsp3) is 0.294. The minimum absolute atomic E-state index is 0.0101. The SMILES string of the molecule is COc1ccc(COc2cccc([C@H](C)N)c2)c(OC)c1. The molecule has 0 radical (unpaired) electrons. The molecule has 0 heterocycles. The molecule has 21 heavy (non-hydrogen) atoms. The molecule has 0 aromatic heterocycles. The van der Waals surface area contributed by atoms with Crippen LogP contribution in [0, 0.1) is 0 Å². The van der Waals surface area contributed by atoms with Gasteiger partial charge in [0.2, 0.25) is 0 Å². The Balaban J connectivity index is 2.11. The summed E-state index contributed by atoms with van der Waals surface area (Å²) in [6, 6.07) is 13.5.